The molecule has 0 amide bonds. The highest BCUT2D eigenvalue weighted by molar-refractivity contribution is 7.89. The van der Waals surface area contributed by atoms with Gasteiger partial charge in [0, 0.05) is 31.7 Å². The van der Waals surface area contributed by atoms with Crippen molar-refractivity contribution < 1.29 is 8.42 Å². The van der Waals surface area contributed by atoms with E-state index >= 15 is 0 Å². The Labute approximate surface area is 122 Å². The molecule has 2 aromatic rings. The molecule has 0 aliphatic carbocycles. The first-order chi connectivity index (χ1) is 9.45. The molecule has 0 saturated carbocycles. The van der Waals surface area contributed by atoms with E-state index in [1.54, 1.807) is 22.0 Å². The van der Waals surface area contributed by atoms with Gasteiger partial charge in [0.05, 0.1) is 0 Å². The molecular formula is C12H18N4O2S2. The fourth-order valence-corrected chi connectivity index (χ4v) is 5.24. The summed E-state index contributed by atoms with van der Waals surface area (Å²) in [7, 11) is -1.83. The van der Waals surface area contributed by atoms with Crippen molar-refractivity contribution in [2.45, 2.75) is 18.9 Å². The second-order valence-electron chi connectivity index (χ2n) is 5.35. The summed E-state index contributed by atoms with van der Waals surface area (Å²) in [6.07, 6.45) is 1.75. The number of hydrogen-bond donors (Lipinski definition) is 1. The Kier molecular flexibility index (Phi) is 3.26. The van der Waals surface area contributed by atoms with E-state index in [-0.39, 0.29) is 5.03 Å². The Morgan fingerprint density at radius 1 is 1.35 bits per heavy atom. The maximum Gasteiger partial charge on any atom is 0.262 e. The largest absolute Gasteiger partial charge is 0.371 e. The predicted molar refractivity (Wildman–Crippen MR) is 79.7 cm³/mol. The third-order valence-corrected chi connectivity index (χ3v) is 6.61. The molecule has 1 fully saturated rings. The molecule has 6 nitrogen and oxygen atoms in total. The molecule has 1 N–H and O–H groups in total. The second-order valence-corrected chi connectivity index (χ2v) is 8.07. The first kappa shape index (κ1) is 13.8. The smallest absolute Gasteiger partial charge is 0.262 e. The van der Waals surface area contributed by atoms with E-state index in [1.165, 1.54) is 11.3 Å². The monoisotopic (exact) mass is 314 g/mol. The molecule has 8 heteroatoms. The Morgan fingerprint density at radius 3 is 2.60 bits per heavy atom. The second kappa shape index (κ2) is 4.71. The molecule has 0 bridgehead atoms. The number of rotatable bonds is 3. The highest BCUT2D eigenvalue weighted by atomic mass is 32.2. The zero-order valence-corrected chi connectivity index (χ0v) is 13.3. The highest BCUT2D eigenvalue weighted by Crippen LogP contribution is 2.32. The third kappa shape index (κ3) is 1.94. The first-order valence-corrected chi connectivity index (χ1v) is 8.90. The van der Waals surface area contributed by atoms with Crippen molar-refractivity contribution >= 4 is 32.1 Å². The molecule has 0 spiro atoms. The zero-order valence-electron chi connectivity index (χ0n) is 11.7. The number of nitrogens with one attached hydrogen (secondary N) is 1. The summed E-state index contributed by atoms with van der Waals surface area (Å²) >= 11 is 1.43. The van der Waals surface area contributed by atoms with Crippen molar-refractivity contribution in [1.82, 2.24) is 13.7 Å². The minimum Gasteiger partial charge on any atom is -0.371 e. The molecule has 2 atom stereocenters. The van der Waals surface area contributed by atoms with E-state index in [2.05, 4.69) is 24.1 Å². The number of thiazole rings is 1. The van der Waals surface area contributed by atoms with Gasteiger partial charge >= 0.3 is 0 Å². The molecule has 110 valence electrons. The van der Waals surface area contributed by atoms with Crippen LogP contribution in [-0.4, -0.2) is 42.2 Å². The van der Waals surface area contributed by atoms with Crippen molar-refractivity contribution in [3.63, 3.8) is 0 Å². The summed E-state index contributed by atoms with van der Waals surface area (Å²) in [5.74, 6) is 1.19. The van der Waals surface area contributed by atoms with Gasteiger partial charge in [-0.2, -0.15) is 4.31 Å². The van der Waals surface area contributed by atoms with Crippen LogP contribution in [-0.2, 0) is 10.0 Å². The molecule has 1 aliphatic heterocycles. The van der Waals surface area contributed by atoms with Gasteiger partial charge in [0.25, 0.3) is 10.0 Å². The van der Waals surface area contributed by atoms with Crippen molar-refractivity contribution in [3.05, 3.63) is 11.6 Å². The standard InChI is InChI=1S/C12H18N4O2S2/c1-8-6-15(7-9(8)2)20(17,18)11-10(13-3)14-12-16(11)4-5-19-12/h4-5,8-9,13H,6-7H2,1-3H3. The van der Waals surface area contributed by atoms with Crippen LogP contribution in [0.2, 0.25) is 0 Å². The van der Waals surface area contributed by atoms with E-state index in [4.69, 9.17) is 0 Å². The molecule has 20 heavy (non-hydrogen) atoms. The molecule has 3 heterocycles. The van der Waals surface area contributed by atoms with Crippen molar-refractivity contribution in [3.8, 4) is 0 Å². The Hall–Kier alpha value is -1.12. The number of imidazole rings is 1. The van der Waals surface area contributed by atoms with Gasteiger partial charge in [-0.1, -0.05) is 13.8 Å². The lowest BCUT2D eigenvalue weighted by atomic mass is 10.0. The third-order valence-electron chi connectivity index (χ3n) is 3.99. The lowest BCUT2D eigenvalue weighted by molar-refractivity contribution is 0.460. The molecule has 2 aromatic heterocycles. The van der Waals surface area contributed by atoms with Gasteiger partial charge in [0.2, 0.25) is 0 Å². The van der Waals surface area contributed by atoms with Gasteiger partial charge in [-0.3, -0.25) is 4.40 Å². The van der Waals surface area contributed by atoms with Crippen LogP contribution in [0.4, 0.5) is 5.82 Å². The van der Waals surface area contributed by atoms with Crippen molar-refractivity contribution in [2.24, 2.45) is 11.8 Å². The van der Waals surface area contributed by atoms with Gasteiger partial charge in [0.15, 0.2) is 15.8 Å². The quantitative estimate of drug-likeness (QED) is 0.936. The summed E-state index contributed by atoms with van der Waals surface area (Å²) < 4.78 is 29.0. The normalized spacial score (nSPS) is 24.6. The summed E-state index contributed by atoms with van der Waals surface area (Å²) in [5, 5.41) is 4.98. The van der Waals surface area contributed by atoms with E-state index in [9.17, 15) is 8.42 Å². The van der Waals surface area contributed by atoms with Crippen LogP contribution in [0.3, 0.4) is 0 Å². The van der Waals surface area contributed by atoms with Crippen LogP contribution in [0.5, 0.6) is 0 Å². The van der Waals surface area contributed by atoms with Gasteiger partial charge in [-0.15, -0.1) is 11.3 Å². The minimum atomic E-state index is -3.52. The fourth-order valence-electron chi connectivity index (χ4n) is 2.57. The summed E-state index contributed by atoms with van der Waals surface area (Å²) in [5.41, 5.74) is 0. The van der Waals surface area contributed by atoms with Crippen molar-refractivity contribution in [2.75, 3.05) is 25.5 Å². The van der Waals surface area contributed by atoms with E-state index in [0.717, 1.165) is 0 Å². The summed E-state index contributed by atoms with van der Waals surface area (Å²) in [6.45, 7) is 5.33. The van der Waals surface area contributed by atoms with E-state index in [1.807, 2.05) is 5.38 Å². The van der Waals surface area contributed by atoms with Crippen LogP contribution in [0.15, 0.2) is 16.6 Å². The van der Waals surface area contributed by atoms with Crippen LogP contribution < -0.4 is 5.32 Å². The van der Waals surface area contributed by atoms with Gasteiger partial charge in [-0.05, 0) is 11.8 Å². The highest BCUT2D eigenvalue weighted by Gasteiger charge is 2.38. The average molecular weight is 314 g/mol. The van der Waals surface area contributed by atoms with Gasteiger partial charge < -0.3 is 5.32 Å². The number of nitrogens with zero attached hydrogens (tertiary/aromatic N) is 3. The number of hydrogen-bond acceptors (Lipinski definition) is 5. The molecular weight excluding hydrogens is 296 g/mol. The number of aromatic nitrogens is 2. The summed E-state index contributed by atoms with van der Waals surface area (Å²) in [4.78, 5) is 5.02. The van der Waals surface area contributed by atoms with Crippen LogP contribution in [0.1, 0.15) is 13.8 Å². The molecule has 3 rings (SSSR count). The predicted octanol–water partition coefficient (Wildman–Crippen LogP) is 1.71. The van der Waals surface area contributed by atoms with Crippen LogP contribution in [0.25, 0.3) is 4.96 Å². The SMILES string of the molecule is CNc1nc2sccn2c1S(=O)(=O)N1CC(C)C(C)C1. The van der Waals surface area contributed by atoms with E-state index < -0.39 is 10.0 Å². The Bertz CT molecular complexity index is 724. The first-order valence-electron chi connectivity index (χ1n) is 6.58. The Morgan fingerprint density at radius 2 is 2.00 bits per heavy atom. The van der Waals surface area contributed by atoms with Crippen molar-refractivity contribution in [1.29, 1.82) is 0 Å². The lowest BCUT2D eigenvalue weighted by Gasteiger charge is -2.16. The Balaban J connectivity index is 2.11. The average Bonchev–Trinajstić information content (AvgIpc) is 3.03. The molecule has 1 aliphatic rings. The molecule has 0 radical (unpaired) electrons. The number of sulfonamides is 1. The maximum absolute atomic E-state index is 12.9. The van der Waals surface area contributed by atoms with Crippen LogP contribution >= 0.6 is 11.3 Å². The molecule has 1 saturated heterocycles. The fraction of sp³-hybridized carbons (Fsp3) is 0.583. The lowest BCUT2D eigenvalue weighted by Crippen LogP contribution is -2.30. The van der Waals surface area contributed by atoms with Gasteiger partial charge in [0.1, 0.15) is 0 Å². The molecule has 2 unspecified atom stereocenters. The number of anilines is 1. The van der Waals surface area contributed by atoms with Crippen LogP contribution in [0, 0.1) is 11.8 Å². The van der Waals surface area contributed by atoms with Gasteiger partial charge in [-0.25, -0.2) is 13.4 Å². The molecule has 0 aromatic carbocycles. The summed E-state index contributed by atoms with van der Waals surface area (Å²) in [6, 6.07) is 0. The number of fused-ring (bicyclic) bond motifs is 1. The topological polar surface area (TPSA) is 66.7 Å². The minimum absolute atomic E-state index is 0.248. The zero-order chi connectivity index (χ0) is 14.5. The van der Waals surface area contributed by atoms with E-state index in [0.29, 0.717) is 35.7 Å². The maximum atomic E-state index is 12.9.